The molecule has 14 heavy (non-hydrogen) atoms. The molecular formula is C12H16ClN. The highest BCUT2D eigenvalue weighted by Gasteiger charge is 2.38. The number of nitrogens with two attached hydrogens (primary N) is 1. The quantitative estimate of drug-likeness (QED) is 0.795. The lowest BCUT2D eigenvalue weighted by molar-refractivity contribution is 0.593. The maximum Gasteiger partial charge on any atom is 0.0438 e. The largest absolute Gasteiger partial charge is 0.324 e. The average Bonchev–Trinajstić information content (AvgIpc) is 2.86. The van der Waals surface area contributed by atoms with Crippen molar-refractivity contribution in [2.75, 3.05) is 0 Å². The molecule has 1 fully saturated rings. The summed E-state index contributed by atoms with van der Waals surface area (Å²) in [7, 11) is 0. The van der Waals surface area contributed by atoms with Crippen LogP contribution in [0.3, 0.4) is 0 Å². The van der Waals surface area contributed by atoms with Crippen molar-refractivity contribution in [3.8, 4) is 0 Å². The maximum atomic E-state index is 6.15. The summed E-state index contributed by atoms with van der Waals surface area (Å²) in [6, 6.07) is 6.32. The summed E-state index contributed by atoms with van der Waals surface area (Å²) in [4.78, 5) is 0. The lowest BCUT2D eigenvalue weighted by Gasteiger charge is -2.12. The Morgan fingerprint density at radius 2 is 2.14 bits per heavy atom. The number of hydrogen-bond donors (Lipinski definition) is 1. The minimum Gasteiger partial charge on any atom is -0.324 e. The Balaban J connectivity index is 2.20. The van der Waals surface area contributed by atoms with Gasteiger partial charge in [-0.2, -0.15) is 0 Å². The molecule has 1 aliphatic rings. The molecule has 0 bridgehead atoms. The Hall–Kier alpha value is -0.530. The lowest BCUT2D eigenvalue weighted by Crippen LogP contribution is -2.13. The van der Waals surface area contributed by atoms with Gasteiger partial charge in [0.2, 0.25) is 0 Å². The van der Waals surface area contributed by atoms with Gasteiger partial charge in [0, 0.05) is 11.1 Å². The van der Waals surface area contributed by atoms with Gasteiger partial charge in [0.25, 0.3) is 0 Å². The predicted molar refractivity (Wildman–Crippen MR) is 60.4 cm³/mol. The van der Waals surface area contributed by atoms with Crippen molar-refractivity contribution in [3.63, 3.8) is 0 Å². The average molecular weight is 210 g/mol. The SMILES string of the molecule is Cc1ccc(C(N)C2CC2C)cc1Cl. The molecule has 76 valence electrons. The van der Waals surface area contributed by atoms with Crippen LogP contribution in [0, 0.1) is 18.8 Å². The summed E-state index contributed by atoms with van der Waals surface area (Å²) in [6.07, 6.45) is 1.26. The lowest BCUT2D eigenvalue weighted by atomic mass is 10.0. The molecule has 2 rings (SSSR count). The highest BCUT2D eigenvalue weighted by Crippen LogP contribution is 2.45. The number of halogens is 1. The van der Waals surface area contributed by atoms with Crippen molar-refractivity contribution < 1.29 is 0 Å². The monoisotopic (exact) mass is 209 g/mol. The van der Waals surface area contributed by atoms with Crippen molar-refractivity contribution in [2.24, 2.45) is 17.6 Å². The first-order valence-electron chi connectivity index (χ1n) is 5.11. The summed E-state index contributed by atoms with van der Waals surface area (Å²) in [5, 5.41) is 0.825. The van der Waals surface area contributed by atoms with Crippen LogP contribution in [0.5, 0.6) is 0 Å². The second kappa shape index (κ2) is 3.56. The third-order valence-electron chi connectivity index (χ3n) is 3.21. The zero-order valence-electron chi connectivity index (χ0n) is 8.63. The van der Waals surface area contributed by atoms with Crippen LogP contribution in [-0.2, 0) is 0 Å². The summed E-state index contributed by atoms with van der Waals surface area (Å²) in [5.74, 6) is 1.44. The fraction of sp³-hybridized carbons (Fsp3) is 0.500. The summed E-state index contributed by atoms with van der Waals surface area (Å²) in [5.41, 5.74) is 8.44. The van der Waals surface area contributed by atoms with E-state index in [-0.39, 0.29) is 6.04 Å². The molecule has 2 heteroatoms. The van der Waals surface area contributed by atoms with Gasteiger partial charge in [-0.1, -0.05) is 30.7 Å². The van der Waals surface area contributed by atoms with Crippen molar-refractivity contribution in [3.05, 3.63) is 34.3 Å². The van der Waals surface area contributed by atoms with Crippen LogP contribution in [0.15, 0.2) is 18.2 Å². The van der Waals surface area contributed by atoms with Gasteiger partial charge in [-0.25, -0.2) is 0 Å². The van der Waals surface area contributed by atoms with Crippen LogP contribution in [0.4, 0.5) is 0 Å². The van der Waals surface area contributed by atoms with Crippen molar-refractivity contribution >= 4 is 11.6 Å². The molecule has 0 aromatic heterocycles. The van der Waals surface area contributed by atoms with E-state index in [0.717, 1.165) is 16.5 Å². The third kappa shape index (κ3) is 1.79. The maximum absolute atomic E-state index is 6.15. The Labute approximate surface area is 90.3 Å². The Bertz CT molecular complexity index is 348. The molecule has 0 amide bonds. The van der Waals surface area contributed by atoms with Gasteiger partial charge >= 0.3 is 0 Å². The Morgan fingerprint density at radius 1 is 1.50 bits per heavy atom. The minimum atomic E-state index is 0.170. The van der Waals surface area contributed by atoms with Crippen molar-refractivity contribution in [1.29, 1.82) is 0 Å². The Kier molecular flexibility index (Phi) is 2.54. The van der Waals surface area contributed by atoms with Crippen LogP contribution in [-0.4, -0.2) is 0 Å². The highest BCUT2D eigenvalue weighted by molar-refractivity contribution is 6.31. The fourth-order valence-electron chi connectivity index (χ4n) is 1.91. The van der Waals surface area contributed by atoms with E-state index in [1.807, 2.05) is 19.1 Å². The van der Waals surface area contributed by atoms with E-state index < -0.39 is 0 Å². The summed E-state index contributed by atoms with van der Waals surface area (Å²) in [6.45, 7) is 4.26. The molecule has 1 aromatic rings. The second-order valence-corrected chi connectivity index (χ2v) is 4.82. The molecule has 0 saturated heterocycles. The van der Waals surface area contributed by atoms with Crippen LogP contribution in [0.2, 0.25) is 5.02 Å². The molecule has 1 aliphatic carbocycles. The topological polar surface area (TPSA) is 26.0 Å². The van der Waals surface area contributed by atoms with Gasteiger partial charge in [-0.3, -0.25) is 0 Å². The third-order valence-corrected chi connectivity index (χ3v) is 3.62. The molecule has 0 spiro atoms. The molecule has 3 atom stereocenters. The predicted octanol–water partition coefficient (Wildman–Crippen LogP) is 3.30. The van der Waals surface area contributed by atoms with E-state index in [2.05, 4.69) is 13.0 Å². The molecule has 0 radical (unpaired) electrons. The van der Waals surface area contributed by atoms with E-state index in [9.17, 15) is 0 Å². The molecule has 1 nitrogen and oxygen atoms in total. The van der Waals surface area contributed by atoms with E-state index in [1.165, 1.54) is 12.0 Å². The van der Waals surface area contributed by atoms with Gasteiger partial charge in [0.1, 0.15) is 0 Å². The molecule has 3 unspecified atom stereocenters. The minimum absolute atomic E-state index is 0.170. The standard InChI is InChI=1S/C12H16ClN/c1-7-3-4-9(6-11(7)13)12(14)10-5-8(10)2/h3-4,6,8,10,12H,5,14H2,1-2H3. The molecule has 1 aromatic carbocycles. The first-order chi connectivity index (χ1) is 6.59. The van der Waals surface area contributed by atoms with E-state index in [1.54, 1.807) is 0 Å². The van der Waals surface area contributed by atoms with Crippen LogP contribution >= 0.6 is 11.6 Å². The van der Waals surface area contributed by atoms with Crippen LogP contribution in [0.1, 0.15) is 30.5 Å². The van der Waals surface area contributed by atoms with Gasteiger partial charge in [0.05, 0.1) is 0 Å². The van der Waals surface area contributed by atoms with Gasteiger partial charge in [-0.05, 0) is 42.4 Å². The van der Waals surface area contributed by atoms with E-state index in [0.29, 0.717) is 5.92 Å². The Morgan fingerprint density at radius 3 is 2.64 bits per heavy atom. The van der Waals surface area contributed by atoms with Crippen LogP contribution < -0.4 is 5.73 Å². The highest BCUT2D eigenvalue weighted by atomic mass is 35.5. The fourth-order valence-corrected chi connectivity index (χ4v) is 2.10. The van der Waals surface area contributed by atoms with Crippen molar-refractivity contribution in [2.45, 2.75) is 26.3 Å². The first-order valence-corrected chi connectivity index (χ1v) is 5.49. The molecular weight excluding hydrogens is 194 g/mol. The zero-order valence-corrected chi connectivity index (χ0v) is 9.38. The smallest absolute Gasteiger partial charge is 0.0438 e. The first kappa shape index (κ1) is 10.0. The number of benzene rings is 1. The van der Waals surface area contributed by atoms with Gasteiger partial charge in [0.15, 0.2) is 0 Å². The summed E-state index contributed by atoms with van der Waals surface area (Å²) >= 11 is 6.06. The van der Waals surface area contributed by atoms with E-state index in [4.69, 9.17) is 17.3 Å². The van der Waals surface area contributed by atoms with Crippen molar-refractivity contribution in [1.82, 2.24) is 0 Å². The zero-order chi connectivity index (χ0) is 10.3. The van der Waals surface area contributed by atoms with Crippen LogP contribution in [0.25, 0.3) is 0 Å². The molecule has 0 heterocycles. The second-order valence-electron chi connectivity index (χ2n) is 4.41. The molecule has 2 N–H and O–H groups in total. The summed E-state index contributed by atoms with van der Waals surface area (Å²) < 4.78 is 0. The van der Waals surface area contributed by atoms with Gasteiger partial charge < -0.3 is 5.73 Å². The normalized spacial score (nSPS) is 27.4. The molecule has 1 saturated carbocycles. The number of hydrogen-bond acceptors (Lipinski definition) is 1. The number of rotatable bonds is 2. The van der Waals surface area contributed by atoms with Gasteiger partial charge in [-0.15, -0.1) is 0 Å². The number of aryl methyl sites for hydroxylation is 1. The molecule has 0 aliphatic heterocycles. The van der Waals surface area contributed by atoms with E-state index >= 15 is 0 Å².